The smallest absolute Gasteiger partial charge is 0.307 e. The monoisotopic (exact) mass is 344 g/mol. The molecule has 0 bridgehead atoms. The van der Waals surface area contributed by atoms with Crippen LogP contribution in [0.1, 0.15) is 37.2 Å². The van der Waals surface area contributed by atoms with Gasteiger partial charge < -0.3 is 15.0 Å². The number of nitrogens with one attached hydrogen (secondary N) is 1. The summed E-state index contributed by atoms with van der Waals surface area (Å²) in [6.45, 7) is 1.31. The van der Waals surface area contributed by atoms with E-state index < -0.39 is 11.9 Å². The first-order valence-electron chi connectivity index (χ1n) is 8.82. The maximum absolute atomic E-state index is 13.3. The van der Waals surface area contributed by atoms with Crippen LogP contribution in [-0.4, -0.2) is 40.0 Å². The number of hydrogen-bond acceptors (Lipinski definition) is 2. The van der Waals surface area contributed by atoms with Gasteiger partial charge in [0.2, 0.25) is 5.91 Å². The van der Waals surface area contributed by atoms with Crippen molar-refractivity contribution >= 4 is 22.8 Å². The number of rotatable bonds is 3. The molecule has 1 aliphatic carbocycles. The molecule has 0 radical (unpaired) electrons. The predicted octanol–water partition coefficient (Wildman–Crippen LogP) is 3.12. The lowest BCUT2D eigenvalue weighted by molar-refractivity contribution is -0.157. The highest BCUT2D eigenvalue weighted by atomic mass is 19.1. The topological polar surface area (TPSA) is 73.4 Å². The molecule has 2 atom stereocenters. The van der Waals surface area contributed by atoms with E-state index >= 15 is 0 Å². The average Bonchev–Trinajstić information content (AvgIpc) is 2.96. The number of likely N-dealkylation sites (tertiary alicyclic amines) is 1. The SMILES string of the molecule is O=C(O)C1CCC1C(=O)N1CCC(c2c[nH]c3cc(F)ccc23)CC1. The Morgan fingerprint density at radius 1 is 1.12 bits per heavy atom. The van der Waals surface area contributed by atoms with Crippen LogP contribution < -0.4 is 0 Å². The fourth-order valence-corrected chi connectivity index (χ4v) is 4.20. The number of halogens is 1. The normalized spacial score (nSPS) is 24.3. The summed E-state index contributed by atoms with van der Waals surface area (Å²) in [5.41, 5.74) is 1.97. The quantitative estimate of drug-likeness (QED) is 0.898. The minimum atomic E-state index is -0.856. The summed E-state index contributed by atoms with van der Waals surface area (Å²) in [5.74, 6) is -1.63. The third kappa shape index (κ3) is 2.79. The number of H-pyrrole nitrogens is 1. The predicted molar refractivity (Wildman–Crippen MR) is 90.7 cm³/mol. The molecule has 1 saturated heterocycles. The van der Waals surface area contributed by atoms with E-state index in [-0.39, 0.29) is 17.6 Å². The van der Waals surface area contributed by atoms with E-state index in [2.05, 4.69) is 4.98 Å². The van der Waals surface area contributed by atoms with Crippen molar-refractivity contribution in [1.82, 2.24) is 9.88 Å². The molecule has 5 nitrogen and oxygen atoms in total. The van der Waals surface area contributed by atoms with Crippen LogP contribution in [0.5, 0.6) is 0 Å². The summed E-state index contributed by atoms with van der Waals surface area (Å²) < 4.78 is 13.3. The van der Waals surface area contributed by atoms with E-state index in [4.69, 9.17) is 5.11 Å². The molecule has 1 aromatic heterocycles. The van der Waals surface area contributed by atoms with Gasteiger partial charge in [-0.15, -0.1) is 0 Å². The number of benzene rings is 1. The fraction of sp³-hybridized carbons (Fsp3) is 0.474. The third-order valence-electron chi connectivity index (χ3n) is 5.83. The number of nitrogens with zero attached hydrogens (tertiary/aromatic N) is 1. The van der Waals surface area contributed by atoms with Crippen LogP contribution in [0.3, 0.4) is 0 Å². The highest BCUT2D eigenvalue weighted by molar-refractivity contribution is 5.87. The molecule has 2 N–H and O–H groups in total. The molecule has 2 unspecified atom stereocenters. The number of aliphatic carboxylic acids is 1. The Morgan fingerprint density at radius 2 is 1.84 bits per heavy atom. The van der Waals surface area contributed by atoms with Crippen molar-refractivity contribution in [3.63, 3.8) is 0 Å². The lowest BCUT2D eigenvalue weighted by Crippen LogP contribution is -2.48. The van der Waals surface area contributed by atoms with Gasteiger partial charge in [-0.1, -0.05) is 0 Å². The Hall–Kier alpha value is -2.37. The molecule has 2 fully saturated rings. The largest absolute Gasteiger partial charge is 0.481 e. The molecule has 2 aromatic rings. The Bertz CT molecular complexity index is 823. The van der Waals surface area contributed by atoms with Crippen molar-refractivity contribution < 1.29 is 19.1 Å². The Kier molecular flexibility index (Phi) is 3.98. The first kappa shape index (κ1) is 16.1. The molecule has 6 heteroatoms. The molecule has 2 heterocycles. The number of amides is 1. The van der Waals surface area contributed by atoms with Crippen molar-refractivity contribution in [1.29, 1.82) is 0 Å². The number of fused-ring (bicyclic) bond motifs is 1. The van der Waals surface area contributed by atoms with E-state index in [1.54, 1.807) is 6.07 Å². The number of carbonyl (C=O) groups excluding carboxylic acids is 1. The molecule has 1 amide bonds. The number of carboxylic acids is 1. The van der Waals surface area contributed by atoms with Gasteiger partial charge in [0, 0.05) is 30.2 Å². The summed E-state index contributed by atoms with van der Waals surface area (Å²) in [7, 11) is 0. The van der Waals surface area contributed by atoms with Crippen LogP contribution in [-0.2, 0) is 9.59 Å². The fourth-order valence-electron chi connectivity index (χ4n) is 4.20. The standard InChI is InChI=1S/C19H21FN2O3/c20-12-1-2-13-16(10-21-17(13)9-12)11-5-7-22(8-6-11)18(23)14-3-4-15(14)19(24)25/h1-2,9-11,14-15,21H,3-8H2,(H,24,25). The summed E-state index contributed by atoms with van der Waals surface area (Å²) in [4.78, 5) is 28.6. The molecule has 132 valence electrons. The van der Waals surface area contributed by atoms with Gasteiger partial charge in [-0.05, 0) is 55.4 Å². The van der Waals surface area contributed by atoms with Crippen LogP contribution in [0.25, 0.3) is 10.9 Å². The van der Waals surface area contributed by atoms with Crippen molar-refractivity contribution in [3.05, 3.63) is 35.8 Å². The summed E-state index contributed by atoms with van der Waals surface area (Å²) in [5, 5.41) is 10.2. The second-order valence-electron chi connectivity index (χ2n) is 7.16. The van der Waals surface area contributed by atoms with Gasteiger partial charge in [0.1, 0.15) is 5.82 Å². The van der Waals surface area contributed by atoms with E-state index in [9.17, 15) is 14.0 Å². The van der Waals surface area contributed by atoms with Crippen LogP contribution in [0, 0.1) is 17.7 Å². The molecule has 1 aromatic carbocycles. The van der Waals surface area contributed by atoms with Gasteiger partial charge in [-0.25, -0.2) is 4.39 Å². The molecule has 2 aliphatic rings. The second-order valence-corrected chi connectivity index (χ2v) is 7.16. The Morgan fingerprint density at radius 3 is 2.48 bits per heavy atom. The minimum absolute atomic E-state index is 0.00176. The Labute approximate surface area is 144 Å². The number of carboxylic acid groups (broad SMARTS) is 1. The maximum Gasteiger partial charge on any atom is 0.307 e. The number of carbonyl (C=O) groups is 2. The van der Waals surface area contributed by atoms with Gasteiger partial charge in [0.15, 0.2) is 0 Å². The van der Waals surface area contributed by atoms with Gasteiger partial charge in [-0.2, -0.15) is 0 Å². The van der Waals surface area contributed by atoms with Crippen molar-refractivity contribution in [2.75, 3.05) is 13.1 Å². The van der Waals surface area contributed by atoms with Crippen LogP contribution in [0.4, 0.5) is 4.39 Å². The second kappa shape index (κ2) is 6.17. The molecule has 25 heavy (non-hydrogen) atoms. The number of piperidine rings is 1. The minimum Gasteiger partial charge on any atom is -0.481 e. The zero-order chi connectivity index (χ0) is 17.6. The van der Waals surface area contributed by atoms with E-state index in [1.165, 1.54) is 17.7 Å². The first-order chi connectivity index (χ1) is 12.0. The molecule has 0 spiro atoms. The average molecular weight is 344 g/mol. The van der Waals surface area contributed by atoms with Gasteiger partial charge in [0.25, 0.3) is 0 Å². The van der Waals surface area contributed by atoms with Crippen molar-refractivity contribution in [2.45, 2.75) is 31.6 Å². The molecule has 1 saturated carbocycles. The van der Waals surface area contributed by atoms with E-state index in [1.807, 2.05) is 11.1 Å². The van der Waals surface area contributed by atoms with Gasteiger partial charge in [0.05, 0.1) is 11.8 Å². The van der Waals surface area contributed by atoms with Gasteiger partial charge >= 0.3 is 5.97 Å². The highest BCUT2D eigenvalue weighted by Crippen LogP contribution is 2.38. The first-order valence-corrected chi connectivity index (χ1v) is 8.82. The summed E-state index contributed by atoms with van der Waals surface area (Å²) in [6, 6.07) is 4.78. The number of hydrogen-bond donors (Lipinski definition) is 2. The zero-order valence-corrected chi connectivity index (χ0v) is 13.9. The maximum atomic E-state index is 13.3. The zero-order valence-electron chi connectivity index (χ0n) is 13.9. The Balaban J connectivity index is 1.43. The summed E-state index contributed by atoms with van der Waals surface area (Å²) >= 11 is 0. The summed E-state index contributed by atoms with van der Waals surface area (Å²) in [6.07, 6.45) is 4.93. The van der Waals surface area contributed by atoms with E-state index in [0.29, 0.717) is 31.8 Å². The molecular weight excluding hydrogens is 323 g/mol. The van der Waals surface area contributed by atoms with Gasteiger partial charge in [-0.3, -0.25) is 9.59 Å². The van der Waals surface area contributed by atoms with Crippen molar-refractivity contribution in [3.8, 4) is 0 Å². The lowest BCUT2D eigenvalue weighted by atomic mass is 9.72. The third-order valence-corrected chi connectivity index (χ3v) is 5.83. The molecule has 4 rings (SSSR count). The number of aromatic nitrogens is 1. The van der Waals surface area contributed by atoms with Crippen LogP contribution >= 0.6 is 0 Å². The molecule has 1 aliphatic heterocycles. The van der Waals surface area contributed by atoms with Crippen molar-refractivity contribution in [2.24, 2.45) is 11.8 Å². The number of aromatic amines is 1. The van der Waals surface area contributed by atoms with E-state index in [0.717, 1.165) is 23.7 Å². The highest BCUT2D eigenvalue weighted by Gasteiger charge is 2.43. The van der Waals surface area contributed by atoms with Crippen LogP contribution in [0.15, 0.2) is 24.4 Å². The molecular formula is C19H21FN2O3. The lowest BCUT2D eigenvalue weighted by Gasteiger charge is -2.39. The van der Waals surface area contributed by atoms with Crippen LogP contribution in [0.2, 0.25) is 0 Å².